The molecule has 1 aromatic heterocycles. The SMILES string of the molecule is CC(O)CNC(=O)C(Cc1c[nH]cn1)NC(=O)CCCC(=O)O. The van der Waals surface area contributed by atoms with Crippen molar-refractivity contribution in [2.75, 3.05) is 6.54 Å². The fraction of sp³-hybridized carbons (Fsp3) is 0.571. The lowest BCUT2D eigenvalue weighted by atomic mass is 10.1. The predicted octanol–water partition coefficient (Wildman–Crippen LogP) is -0.811. The van der Waals surface area contributed by atoms with Crippen molar-refractivity contribution in [1.82, 2.24) is 20.6 Å². The van der Waals surface area contributed by atoms with Crippen LogP contribution in [0.15, 0.2) is 12.5 Å². The summed E-state index contributed by atoms with van der Waals surface area (Å²) >= 11 is 0. The van der Waals surface area contributed by atoms with E-state index in [9.17, 15) is 19.5 Å². The number of rotatable bonds is 10. The predicted molar refractivity (Wildman–Crippen MR) is 80.4 cm³/mol. The van der Waals surface area contributed by atoms with Gasteiger partial charge in [0.2, 0.25) is 11.8 Å². The number of imidazole rings is 1. The van der Waals surface area contributed by atoms with Gasteiger partial charge in [0.1, 0.15) is 6.04 Å². The van der Waals surface area contributed by atoms with Crippen molar-refractivity contribution in [3.8, 4) is 0 Å². The fourth-order valence-electron chi connectivity index (χ4n) is 1.86. The molecule has 0 aliphatic heterocycles. The number of H-pyrrole nitrogens is 1. The number of aliphatic carboxylic acids is 1. The third-order valence-corrected chi connectivity index (χ3v) is 2.99. The van der Waals surface area contributed by atoms with Gasteiger partial charge in [0.25, 0.3) is 0 Å². The first-order valence-corrected chi connectivity index (χ1v) is 7.33. The van der Waals surface area contributed by atoms with Crippen LogP contribution in [0, 0.1) is 0 Å². The maximum absolute atomic E-state index is 12.1. The second kappa shape index (κ2) is 9.57. The Balaban J connectivity index is 2.57. The van der Waals surface area contributed by atoms with E-state index in [0.717, 1.165) is 0 Å². The first-order chi connectivity index (χ1) is 10.9. The molecule has 0 fully saturated rings. The minimum Gasteiger partial charge on any atom is -0.481 e. The van der Waals surface area contributed by atoms with Gasteiger partial charge in [-0.1, -0.05) is 0 Å². The molecular formula is C14H22N4O5. The Morgan fingerprint density at radius 3 is 2.65 bits per heavy atom. The molecule has 23 heavy (non-hydrogen) atoms. The van der Waals surface area contributed by atoms with Crippen molar-refractivity contribution in [3.05, 3.63) is 18.2 Å². The Morgan fingerprint density at radius 2 is 2.09 bits per heavy atom. The monoisotopic (exact) mass is 326 g/mol. The molecule has 2 atom stereocenters. The smallest absolute Gasteiger partial charge is 0.303 e. The fourth-order valence-corrected chi connectivity index (χ4v) is 1.86. The lowest BCUT2D eigenvalue weighted by Gasteiger charge is -2.18. The number of carboxylic acids is 1. The molecule has 0 aliphatic carbocycles. The van der Waals surface area contributed by atoms with Gasteiger partial charge in [0.15, 0.2) is 0 Å². The van der Waals surface area contributed by atoms with Crippen LogP contribution in [-0.2, 0) is 20.8 Å². The van der Waals surface area contributed by atoms with Gasteiger partial charge in [-0.15, -0.1) is 0 Å². The van der Waals surface area contributed by atoms with E-state index >= 15 is 0 Å². The highest BCUT2D eigenvalue weighted by Gasteiger charge is 2.22. The van der Waals surface area contributed by atoms with E-state index in [4.69, 9.17) is 5.11 Å². The Labute approximate surface area is 133 Å². The van der Waals surface area contributed by atoms with Gasteiger partial charge in [-0.25, -0.2) is 4.98 Å². The molecule has 1 aromatic rings. The Kier molecular flexibility index (Phi) is 7.75. The average molecular weight is 326 g/mol. The van der Waals surface area contributed by atoms with E-state index in [1.807, 2.05) is 0 Å². The summed E-state index contributed by atoms with van der Waals surface area (Å²) in [5.74, 6) is -1.81. The highest BCUT2D eigenvalue weighted by molar-refractivity contribution is 5.87. The Morgan fingerprint density at radius 1 is 1.35 bits per heavy atom. The normalized spacial score (nSPS) is 13.1. The zero-order valence-corrected chi connectivity index (χ0v) is 12.9. The number of hydrogen-bond acceptors (Lipinski definition) is 5. The largest absolute Gasteiger partial charge is 0.481 e. The summed E-state index contributed by atoms with van der Waals surface area (Å²) in [6.07, 6.45) is 2.70. The molecule has 0 spiro atoms. The number of aliphatic hydroxyl groups excluding tert-OH is 1. The molecule has 1 rings (SSSR count). The van der Waals surface area contributed by atoms with Crippen molar-refractivity contribution < 1.29 is 24.6 Å². The van der Waals surface area contributed by atoms with Gasteiger partial charge in [0, 0.05) is 32.0 Å². The minimum absolute atomic E-state index is 0.0209. The summed E-state index contributed by atoms with van der Waals surface area (Å²) in [5.41, 5.74) is 0.605. The molecule has 0 saturated heterocycles. The lowest BCUT2D eigenvalue weighted by molar-refractivity contribution is -0.137. The van der Waals surface area contributed by atoms with Crippen LogP contribution in [0.1, 0.15) is 31.9 Å². The molecular weight excluding hydrogens is 304 g/mol. The number of carbonyl (C=O) groups excluding carboxylic acids is 2. The summed E-state index contributed by atoms with van der Waals surface area (Å²) in [5, 5.41) is 22.9. The van der Waals surface area contributed by atoms with Crippen LogP contribution in [0.25, 0.3) is 0 Å². The molecule has 0 aromatic carbocycles. The summed E-state index contributed by atoms with van der Waals surface area (Å²) in [7, 11) is 0. The zero-order chi connectivity index (χ0) is 17.2. The number of carboxylic acid groups (broad SMARTS) is 1. The van der Waals surface area contributed by atoms with E-state index in [1.54, 1.807) is 6.20 Å². The highest BCUT2D eigenvalue weighted by Crippen LogP contribution is 2.02. The Hall–Kier alpha value is -2.42. The lowest BCUT2D eigenvalue weighted by Crippen LogP contribution is -2.49. The van der Waals surface area contributed by atoms with Gasteiger partial charge in [-0.05, 0) is 13.3 Å². The van der Waals surface area contributed by atoms with Crippen LogP contribution in [0.2, 0.25) is 0 Å². The van der Waals surface area contributed by atoms with Gasteiger partial charge >= 0.3 is 5.97 Å². The number of hydrogen-bond donors (Lipinski definition) is 5. The van der Waals surface area contributed by atoms with Crippen molar-refractivity contribution in [2.24, 2.45) is 0 Å². The van der Waals surface area contributed by atoms with Crippen molar-refractivity contribution in [3.63, 3.8) is 0 Å². The molecule has 0 bridgehead atoms. The summed E-state index contributed by atoms with van der Waals surface area (Å²) in [6, 6.07) is -0.839. The van der Waals surface area contributed by atoms with E-state index in [-0.39, 0.29) is 32.2 Å². The molecule has 1 heterocycles. The number of amides is 2. The molecule has 9 heteroatoms. The number of nitrogens with one attached hydrogen (secondary N) is 3. The van der Waals surface area contributed by atoms with Crippen LogP contribution in [0.4, 0.5) is 0 Å². The molecule has 5 N–H and O–H groups in total. The second-order valence-corrected chi connectivity index (χ2v) is 5.23. The quantitative estimate of drug-likeness (QED) is 0.380. The molecule has 2 unspecified atom stereocenters. The first kappa shape index (κ1) is 18.6. The van der Waals surface area contributed by atoms with E-state index in [1.165, 1.54) is 13.3 Å². The second-order valence-electron chi connectivity index (χ2n) is 5.23. The first-order valence-electron chi connectivity index (χ1n) is 7.33. The molecule has 0 saturated carbocycles. The number of aromatic amines is 1. The number of carbonyl (C=O) groups is 3. The topological polar surface area (TPSA) is 144 Å². The summed E-state index contributed by atoms with van der Waals surface area (Å²) < 4.78 is 0. The van der Waals surface area contributed by atoms with Crippen molar-refractivity contribution >= 4 is 17.8 Å². The number of nitrogens with zero attached hydrogens (tertiary/aromatic N) is 1. The van der Waals surface area contributed by atoms with Gasteiger partial charge in [0.05, 0.1) is 18.1 Å². The van der Waals surface area contributed by atoms with Gasteiger partial charge in [-0.2, -0.15) is 0 Å². The van der Waals surface area contributed by atoms with Crippen molar-refractivity contribution in [1.29, 1.82) is 0 Å². The third kappa shape index (κ3) is 7.96. The third-order valence-electron chi connectivity index (χ3n) is 2.99. The highest BCUT2D eigenvalue weighted by atomic mass is 16.4. The van der Waals surface area contributed by atoms with Crippen LogP contribution in [-0.4, -0.2) is 56.7 Å². The molecule has 128 valence electrons. The van der Waals surface area contributed by atoms with E-state index in [0.29, 0.717) is 5.69 Å². The Bertz CT molecular complexity index is 515. The van der Waals surface area contributed by atoms with Gasteiger partial charge < -0.3 is 25.8 Å². The number of aliphatic hydroxyl groups is 1. The van der Waals surface area contributed by atoms with Crippen LogP contribution >= 0.6 is 0 Å². The number of aromatic nitrogens is 2. The minimum atomic E-state index is -0.972. The van der Waals surface area contributed by atoms with Crippen LogP contribution < -0.4 is 10.6 Å². The van der Waals surface area contributed by atoms with E-state index < -0.39 is 29.9 Å². The summed E-state index contributed by atoms with van der Waals surface area (Å²) in [4.78, 5) is 41.2. The molecule has 0 aliphatic rings. The van der Waals surface area contributed by atoms with Crippen molar-refractivity contribution in [2.45, 2.75) is 44.8 Å². The standard InChI is InChI=1S/C14H22N4O5/c1-9(19)6-16-14(23)11(5-10-7-15-8-17-10)18-12(20)3-2-4-13(21)22/h7-9,11,19H,2-6H2,1H3,(H,15,17)(H,16,23)(H,18,20)(H,21,22). The van der Waals surface area contributed by atoms with Gasteiger partial charge in [-0.3, -0.25) is 14.4 Å². The average Bonchev–Trinajstić information content (AvgIpc) is 2.96. The molecule has 9 nitrogen and oxygen atoms in total. The van der Waals surface area contributed by atoms with E-state index in [2.05, 4.69) is 20.6 Å². The summed E-state index contributed by atoms with van der Waals surface area (Å²) in [6.45, 7) is 1.61. The maximum Gasteiger partial charge on any atom is 0.303 e. The van der Waals surface area contributed by atoms with Crippen LogP contribution in [0.5, 0.6) is 0 Å². The zero-order valence-electron chi connectivity index (χ0n) is 12.9. The molecule has 2 amide bonds. The maximum atomic E-state index is 12.1. The molecule has 0 radical (unpaired) electrons. The van der Waals surface area contributed by atoms with Crippen LogP contribution in [0.3, 0.4) is 0 Å².